The third-order valence-electron chi connectivity index (χ3n) is 5.03. The Morgan fingerprint density at radius 2 is 1.96 bits per heavy atom. The van der Waals surface area contributed by atoms with Gasteiger partial charge < -0.3 is 10.1 Å². The number of allylic oxidation sites excluding steroid dienone is 1. The van der Waals surface area contributed by atoms with Crippen molar-refractivity contribution in [3.63, 3.8) is 0 Å². The maximum absolute atomic E-state index is 13.4. The van der Waals surface area contributed by atoms with E-state index in [-0.39, 0.29) is 17.9 Å². The Morgan fingerprint density at radius 1 is 1.23 bits per heavy atom. The number of halogens is 1. The van der Waals surface area contributed by atoms with Crippen molar-refractivity contribution in [2.75, 3.05) is 5.32 Å². The van der Waals surface area contributed by atoms with Gasteiger partial charge in [-0.15, -0.1) is 0 Å². The van der Waals surface area contributed by atoms with Crippen molar-refractivity contribution in [2.45, 2.75) is 51.2 Å². The minimum atomic E-state index is -0.495. The largest absolute Gasteiger partial charge is 0.459 e. The molecule has 0 saturated heterocycles. The van der Waals surface area contributed by atoms with E-state index in [1.165, 1.54) is 24.9 Å². The SMILES string of the molecule is CC1=C(C(=O)OC2CCCCC2)C(c2ccc(F)cc2)n2ncnc2N1. The van der Waals surface area contributed by atoms with Gasteiger partial charge in [0.05, 0.1) is 5.57 Å². The third-order valence-corrected chi connectivity index (χ3v) is 5.03. The zero-order chi connectivity index (χ0) is 18.1. The smallest absolute Gasteiger partial charge is 0.338 e. The molecule has 1 N–H and O–H groups in total. The monoisotopic (exact) mass is 356 g/mol. The molecular weight excluding hydrogens is 335 g/mol. The van der Waals surface area contributed by atoms with Crippen LogP contribution in [-0.2, 0) is 9.53 Å². The Bertz CT molecular complexity index is 837. The molecule has 2 aliphatic rings. The fourth-order valence-corrected chi connectivity index (χ4v) is 3.71. The quantitative estimate of drug-likeness (QED) is 0.852. The molecule has 2 heterocycles. The van der Waals surface area contributed by atoms with Crippen molar-refractivity contribution >= 4 is 11.9 Å². The second-order valence-electron chi connectivity index (χ2n) is 6.81. The number of ether oxygens (including phenoxy) is 1. The van der Waals surface area contributed by atoms with Gasteiger partial charge in [0.1, 0.15) is 24.3 Å². The van der Waals surface area contributed by atoms with Gasteiger partial charge in [-0.3, -0.25) is 0 Å². The predicted molar refractivity (Wildman–Crippen MR) is 93.8 cm³/mol. The fourth-order valence-electron chi connectivity index (χ4n) is 3.71. The summed E-state index contributed by atoms with van der Waals surface area (Å²) in [6, 6.07) is 5.60. The first-order valence-electron chi connectivity index (χ1n) is 8.97. The van der Waals surface area contributed by atoms with Crippen molar-refractivity contribution in [3.05, 3.63) is 53.2 Å². The number of carbonyl (C=O) groups excluding carboxylic acids is 1. The molecule has 136 valence electrons. The minimum absolute atomic E-state index is 0.0393. The molecule has 0 radical (unpaired) electrons. The molecule has 1 unspecified atom stereocenters. The molecule has 1 aliphatic carbocycles. The number of esters is 1. The van der Waals surface area contributed by atoms with Gasteiger partial charge in [-0.1, -0.05) is 18.6 Å². The first-order valence-corrected chi connectivity index (χ1v) is 8.97. The molecule has 1 aromatic heterocycles. The van der Waals surface area contributed by atoms with Crippen LogP contribution in [0.5, 0.6) is 0 Å². The molecule has 7 heteroatoms. The van der Waals surface area contributed by atoms with Crippen LogP contribution in [0.15, 0.2) is 41.9 Å². The van der Waals surface area contributed by atoms with Crippen molar-refractivity contribution in [3.8, 4) is 0 Å². The summed E-state index contributed by atoms with van der Waals surface area (Å²) in [6.45, 7) is 1.83. The maximum Gasteiger partial charge on any atom is 0.338 e. The highest BCUT2D eigenvalue weighted by molar-refractivity contribution is 5.92. The van der Waals surface area contributed by atoms with E-state index < -0.39 is 6.04 Å². The normalized spacial score (nSPS) is 20.5. The lowest BCUT2D eigenvalue weighted by Crippen LogP contribution is -2.32. The lowest BCUT2D eigenvalue weighted by atomic mass is 9.95. The van der Waals surface area contributed by atoms with E-state index in [1.807, 2.05) is 6.92 Å². The van der Waals surface area contributed by atoms with Crippen LogP contribution < -0.4 is 5.32 Å². The lowest BCUT2D eigenvalue weighted by molar-refractivity contribution is -0.146. The van der Waals surface area contributed by atoms with Crippen LogP contribution in [0.25, 0.3) is 0 Å². The third kappa shape index (κ3) is 3.09. The molecule has 2 aromatic rings. The Kier molecular flexibility index (Phi) is 4.44. The second kappa shape index (κ2) is 6.90. The van der Waals surface area contributed by atoms with E-state index in [0.717, 1.165) is 31.2 Å². The second-order valence-corrected chi connectivity index (χ2v) is 6.81. The van der Waals surface area contributed by atoms with E-state index in [1.54, 1.807) is 16.8 Å². The van der Waals surface area contributed by atoms with Gasteiger partial charge in [0, 0.05) is 5.70 Å². The summed E-state index contributed by atoms with van der Waals surface area (Å²) in [5.41, 5.74) is 1.93. The molecule has 0 amide bonds. The number of fused-ring (bicyclic) bond motifs is 1. The van der Waals surface area contributed by atoms with E-state index in [0.29, 0.717) is 17.2 Å². The number of nitrogens with zero attached hydrogens (tertiary/aromatic N) is 3. The van der Waals surface area contributed by atoms with Gasteiger partial charge >= 0.3 is 5.97 Å². The highest BCUT2D eigenvalue weighted by Crippen LogP contribution is 2.36. The summed E-state index contributed by atoms with van der Waals surface area (Å²) in [4.78, 5) is 17.2. The van der Waals surface area contributed by atoms with Gasteiger partial charge in [-0.2, -0.15) is 10.1 Å². The summed E-state index contributed by atoms with van der Waals surface area (Å²) in [6.07, 6.45) is 6.57. The number of hydrogen-bond donors (Lipinski definition) is 1. The summed E-state index contributed by atoms with van der Waals surface area (Å²) in [5.74, 6) is -0.128. The Morgan fingerprint density at radius 3 is 2.69 bits per heavy atom. The molecule has 6 nitrogen and oxygen atoms in total. The zero-order valence-electron chi connectivity index (χ0n) is 14.6. The van der Waals surface area contributed by atoms with Crippen LogP contribution in [0.2, 0.25) is 0 Å². The van der Waals surface area contributed by atoms with Gasteiger partial charge in [0.15, 0.2) is 0 Å². The average Bonchev–Trinajstić information content (AvgIpc) is 3.10. The van der Waals surface area contributed by atoms with Crippen molar-refractivity contribution in [1.29, 1.82) is 0 Å². The first kappa shape index (κ1) is 16.8. The lowest BCUT2D eigenvalue weighted by Gasteiger charge is -2.30. The van der Waals surface area contributed by atoms with E-state index >= 15 is 0 Å². The summed E-state index contributed by atoms with van der Waals surface area (Å²) in [7, 11) is 0. The van der Waals surface area contributed by atoms with Gasteiger partial charge in [-0.05, 0) is 50.3 Å². The molecule has 26 heavy (non-hydrogen) atoms. The van der Waals surface area contributed by atoms with Gasteiger partial charge in [0.25, 0.3) is 0 Å². The van der Waals surface area contributed by atoms with Crippen LogP contribution in [0.3, 0.4) is 0 Å². The standard InChI is InChI=1S/C19H21FN4O2/c1-12-16(18(25)26-15-5-3-2-4-6-15)17(13-7-9-14(20)10-8-13)24-19(23-12)21-11-22-24/h7-11,15,17H,2-6H2,1H3,(H,21,22,23). The van der Waals surface area contributed by atoms with Crippen LogP contribution >= 0.6 is 0 Å². The maximum atomic E-state index is 13.4. The van der Waals surface area contributed by atoms with Crippen molar-refractivity contribution in [2.24, 2.45) is 0 Å². The Hall–Kier alpha value is -2.70. The Labute approximate surface area is 151 Å². The molecule has 1 aromatic carbocycles. The van der Waals surface area contributed by atoms with Crippen molar-refractivity contribution < 1.29 is 13.9 Å². The number of hydrogen-bond acceptors (Lipinski definition) is 5. The number of carbonyl (C=O) groups is 1. The average molecular weight is 356 g/mol. The first-order chi connectivity index (χ1) is 12.6. The van der Waals surface area contributed by atoms with Gasteiger partial charge in [0.2, 0.25) is 5.95 Å². The highest BCUT2D eigenvalue weighted by atomic mass is 19.1. The molecule has 4 rings (SSSR count). The van der Waals surface area contributed by atoms with Crippen molar-refractivity contribution in [1.82, 2.24) is 14.8 Å². The fraction of sp³-hybridized carbons (Fsp3) is 0.421. The van der Waals surface area contributed by atoms with Gasteiger partial charge in [-0.25, -0.2) is 13.9 Å². The molecule has 1 fully saturated rings. The molecule has 0 spiro atoms. The predicted octanol–water partition coefficient (Wildman–Crippen LogP) is 3.58. The van der Waals surface area contributed by atoms with Crippen LogP contribution in [0.1, 0.15) is 50.6 Å². The molecule has 1 atom stereocenters. The number of anilines is 1. The number of aromatic nitrogens is 3. The number of nitrogens with one attached hydrogen (secondary N) is 1. The van der Waals surface area contributed by atoms with Crippen LogP contribution in [0.4, 0.5) is 10.3 Å². The van der Waals surface area contributed by atoms with E-state index in [2.05, 4.69) is 15.4 Å². The summed E-state index contributed by atoms with van der Waals surface area (Å²) >= 11 is 0. The van der Waals surface area contributed by atoms with Crippen LogP contribution in [-0.4, -0.2) is 26.8 Å². The summed E-state index contributed by atoms with van der Waals surface area (Å²) in [5, 5.41) is 7.37. The molecule has 1 aliphatic heterocycles. The number of rotatable bonds is 3. The highest BCUT2D eigenvalue weighted by Gasteiger charge is 2.35. The summed E-state index contributed by atoms with van der Waals surface area (Å²) < 4.78 is 20.8. The van der Waals surface area contributed by atoms with E-state index in [4.69, 9.17) is 4.74 Å². The van der Waals surface area contributed by atoms with Crippen LogP contribution in [0, 0.1) is 5.82 Å². The topological polar surface area (TPSA) is 69.0 Å². The zero-order valence-corrected chi connectivity index (χ0v) is 14.6. The van der Waals surface area contributed by atoms with E-state index in [9.17, 15) is 9.18 Å². The molecular formula is C19H21FN4O2. The Balaban J connectivity index is 1.69. The number of benzene rings is 1. The molecule has 1 saturated carbocycles. The minimum Gasteiger partial charge on any atom is -0.459 e. The molecule has 0 bridgehead atoms.